The fourth-order valence-corrected chi connectivity index (χ4v) is 3.39. The predicted molar refractivity (Wildman–Crippen MR) is 106 cm³/mol. The average molecular weight is 323 g/mol. The number of para-hydroxylation sites is 1. The maximum atomic E-state index is 4.91. The van der Waals surface area contributed by atoms with E-state index >= 15 is 0 Å². The first-order valence-corrected chi connectivity index (χ1v) is 8.70. The Hall–Kier alpha value is -2.93. The number of hydrogen-bond acceptors (Lipinski definition) is 1. The molecule has 0 radical (unpaired) electrons. The van der Waals surface area contributed by atoms with Gasteiger partial charge in [-0.25, -0.2) is 4.98 Å². The van der Waals surface area contributed by atoms with Crippen molar-refractivity contribution >= 4 is 10.9 Å². The van der Waals surface area contributed by atoms with Crippen LogP contribution >= 0.6 is 0 Å². The van der Waals surface area contributed by atoms with Crippen LogP contribution in [0, 0.1) is 13.8 Å². The Bertz CT molecular complexity index is 1050. The number of rotatable bonds is 3. The molecule has 1 heterocycles. The van der Waals surface area contributed by atoms with Gasteiger partial charge in [-0.15, -0.1) is 0 Å². The first kappa shape index (κ1) is 15.6. The van der Waals surface area contributed by atoms with Crippen molar-refractivity contribution in [2.75, 3.05) is 0 Å². The third-order valence-corrected chi connectivity index (χ3v) is 4.59. The van der Waals surface area contributed by atoms with Gasteiger partial charge in [0, 0.05) is 10.9 Å². The molecule has 0 atom stereocenters. The number of aryl methyl sites for hydroxylation is 2. The fraction of sp³-hybridized carbons (Fsp3) is 0.125. The maximum Gasteiger partial charge on any atom is 0.0712 e. The molecular formula is C24H21N. The molecule has 0 bridgehead atoms. The standard InChI is InChI=1S/C24H21N/c1-17-7-5-9-19(13-17)15-21-16-24(20-10-6-8-18(2)14-20)25-23-12-4-3-11-22(21)23/h3-14,16H,15H2,1-2H3. The van der Waals surface area contributed by atoms with E-state index in [1.807, 2.05) is 0 Å². The van der Waals surface area contributed by atoms with Crippen LogP contribution < -0.4 is 0 Å². The summed E-state index contributed by atoms with van der Waals surface area (Å²) in [5.41, 5.74) is 8.51. The maximum absolute atomic E-state index is 4.91. The minimum atomic E-state index is 0.920. The molecule has 4 rings (SSSR count). The van der Waals surface area contributed by atoms with E-state index in [2.05, 4.69) is 92.7 Å². The number of nitrogens with zero attached hydrogens (tertiary/aromatic N) is 1. The SMILES string of the molecule is Cc1cccc(Cc2cc(-c3cccc(C)c3)nc3ccccc23)c1. The van der Waals surface area contributed by atoms with Gasteiger partial charge in [0.1, 0.15) is 0 Å². The highest BCUT2D eigenvalue weighted by Gasteiger charge is 2.08. The van der Waals surface area contributed by atoms with Crippen LogP contribution in [0.3, 0.4) is 0 Å². The molecule has 0 unspecified atom stereocenters. The van der Waals surface area contributed by atoms with Crippen molar-refractivity contribution in [1.82, 2.24) is 4.98 Å². The van der Waals surface area contributed by atoms with Gasteiger partial charge in [-0.2, -0.15) is 0 Å². The summed E-state index contributed by atoms with van der Waals surface area (Å²) in [7, 11) is 0. The third-order valence-electron chi connectivity index (χ3n) is 4.59. The lowest BCUT2D eigenvalue weighted by Gasteiger charge is -2.11. The lowest BCUT2D eigenvalue weighted by Crippen LogP contribution is -1.95. The molecule has 1 heteroatoms. The summed E-state index contributed by atoms with van der Waals surface area (Å²) in [6.07, 6.45) is 0.920. The van der Waals surface area contributed by atoms with Crippen molar-refractivity contribution in [3.05, 3.63) is 101 Å². The van der Waals surface area contributed by atoms with Gasteiger partial charge in [-0.1, -0.05) is 71.8 Å². The molecule has 0 saturated heterocycles. The second-order valence-electron chi connectivity index (χ2n) is 6.72. The first-order valence-electron chi connectivity index (χ1n) is 8.70. The molecule has 1 nitrogen and oxygen atoms in total. The minimum absolute atomic E-state index is 0.920. The van der Waals surface area contributed by atoms with Crippen LogP contribution in [0.2, 0.25) is 0 Å². The summed E-state index contributed by atoms with van der Waals surface area (Å²) in [4.78, 5) is 4.91. The van der Waals surface area contributed by atoms with E-state index in [9.17, 15) is 0 Å². The molecule has 4 aromatic rings. The smallest absolute Gasteiger partial charge is 0.0712 e. The van der Waals surface area contributed by atoms with E-state index in [1.54, 1.807) is 0 Å². The Morgan fingerprint density at radius 1 is 0.720 bits per heavy atom. The molecular weight excluding hydrogens is 302 g/mol. The second-order valence-corrected chi connectivity index (χ2v) is 6.72. The highest BCUT2D eigenvalue weighted by Crippen LogP contribution is 2.27. The Balaban J connectivity index is 1.87. The van der Waals surface area contributed by atoms with Crippen LogP contribution in [0.1, 0.15) is 22.3 Å². The van der Waals surface area contributed by atoms with Crippen LogP contribution in [0.25, 0.3) is 22.2 Å². The van der Waals surface area contributed by atoms with Crippen LogP contribution in [0.5, 0.6) is 0 Å². The second kappa shape index (κ2) is 6.52. The van der Waals surface area contributed by atoms with Gasteiger partial charge in [0.05, 0.1) is 11.2 Å². The van der Waals surface area contributed by atoms with Crippen molar-refractivity contribution in [2.24, 2.45) is 0 Å². The van der Waals surface area contributed by atoms with E-state index in [0.717, 1.165) is 17.6 Å². The zero-order valence-electron chi connectivity index (χ0n) is 14.7. The number of aromatic nitrogens is 1. The molecule has 3 aromatic carbocycles. The van der Waals surface area contributed by atoms with Gasteiger partial charge in [0.25, 0.3) is 0 Å². The monoisotopic (exact) mass is 323 g/mol. The fourth-order valence-electron chi connectivity index (χ4n) is 3.39. The highest BCUT2D eigenvalue weighted by atomic mass is 14.7. The lowest BCUT2D eigenvalue weighted by atomic mass is 9.97. The van der Waals surface area contributed by atoms with E-state index in [0.29, 0.717) is 0 Å². The van der Waals surface area contributed by atoms with Crippen LogP contribution in [-0.4, -0.2) is 4.98 Å². The molecule has 0 amide bonds. The lowest BCUT2D eigenvalue weighted by molar-refractivity contribution is 1.19. The van der Waals surface area contributed by atoms with Gasteiger partial charge in [0.2, 0.25) is 0 Å². The van der Waals surface area contributed by atoms with Crippen molar-refractivity contribution in [3.63, 3.8) is 0 Å². The molecule has 25 heavy (non-hydrogen) atoms. The number of pyridine rings is 1. The van der Waals surface area contributed by atoms with Crippen molar-refractivity contribution in [1.29, 1.82) is 0 Å². The van der Waals surface area contributed by atoms with Crippen LogP contribution in [0.15, 0.2) is 78.9 Å². The van der Waals surface area contributed by atoms with E-state index in [1.165, 1.54) is 33.2 Å². The van der Waals surface area contributed by atoms with Gasteiger partial charge in [0.15, 0.2) is 0 Å². The quantitative estimate of drug-likeness (QED) is 0.443. The van der Waals surface area contributed by atoms with Crippen LogP contribution in [0.4, 0.5) is 0 Å². The summed E-state index contributed by atoms with van der Waals surface area (Å²) < 4.78 is 0. The number of hydrogen-bond donors (Lipinski definition) is 0. The van der Waals surface area contributed by atoms with E-state index in [-0.39, 0.29) is 0 Å². The predicted octanol–water partition coefficient (Wildman–Crippen LogP) is 6.11. The topological polar surface area (TPSA) is 12.9 Å². The van der Waals surface area contributed by atoms with Gasteiger partial charge >= 0.3 is 0 Å². The average Bonchev–Trinajstić information content (AvgIpc) is 2.62. The van der Waals surface area contributed by atoms with E-state index in [4.69, 9.17) is 4.98 Å². The molecule has 0 saturated carbocycles. The Kier molecular flexibility index (Phi) is 4.07. The summed E-state index contributed by atoms with van der Waals surface area (Å²) in [6.45, 7) is 4.27. The molecule has 0 spiro atoms. The Morgan fingerprint density at radius 3 is 2.28 bits per heavy atom. The summed E-state index contributed by atoms with van der Waals surface area (Å²) in [5, 5.41) is 1.24. The van der Waals surface area contributed by atoms with Gasteiger partial charge < -0.3 is 0 Å². The summed E-state index contributed by atoms with van der Waals surface area (Å²) in [5.74, 6) is 0. The van der Waals surface area contributed by atoms with Crippen molar-refractivity contribution in [3.8, 4) is 11.3 Å². The van der Waals surface area contributed by atoms with Crippen molar-refractivity contribution in [2.45, 2.75) is 20.3 Å². The molecule has 0 fully saturated rings. The molecule has 122 valence electrons. The zero-order chi connectivity index (χ0) is 17.2. The summed E-state index contributed by atoms with van der Waals surface area (Å²) >= 11 is 0. The molecule has 0 aliphatic rings. The largest absolute Gasteiger partial charge is 0.248 e. The first-order chi connectivity index (χ1) is 12.2. The number of fused-ring (bicyclic) bond motifs is 1. The van der Waals surface area contributed by atoms with Crippen LogP contribution in [-0.2, 0) is 6.42 Å². The molecule has 0 aliphatic heterocycles. The molecule has 0 N–H and O–H groups in total. The van der Waals surface area contributed by atoms with Gasteiger partial charge in [-0.3, -0.25) is 0 Å². The third kappa shape index (κ3) is 3.32. The van der Waals surface area contributed by atoms with E-state index < -0.39 is 0 Å². The highest BCUT2D eigenvalue weighted by molar-refractivity contribution is 5.85. The Labute approximate surface area is 149 Å². The molecule has 1 aromatic heterocycles. The van der Waals surface area contributed by atoms with Crippen molar-refractivity contribution < 1.29 is 0 Å². The zero-order valence-corrected chi connectivity index (χ0v) is 14.7. The van der Waals surface area contributed by atoms with Gasteiger partial charge in [-0.05, 0) is 49.6 Å². The molecule has 0 aliphatic carbocycles. The summed E-state index contributed by atoms with van der Waals surface area (Å²) in [6, 6.07) is 28.0. The number of benzene rings is 3. The normalized spacial score (nSPS) is 11.0. The Morgan fingerprint density at radius 2 is 1.48 bits per heavy atom. The minimum Gasteiger partial charge on any atom is -0.248 e.